The molecular weight excluding hydrogens is 581 g/mol. The first-order valence-electron chi connectivity index (χ1n) is 15.9. The first-order valence-corrected chi connectivity index (χ1v) is 15.9. The Morgan fingerprint density at radius 3 is 2.17 bits per heavy atom. The van der Waals surface area contributed by atoms with Gasteiger partial charge in [0.2, 0.25) is 0 Å². The summed E-state index contributed by atoms with van der Waals surface area (Å²) >= 11 is 0. The van der Waals surface area contributed by atoms with E-state index in [1.807, 2.05) is 6.07 Å². The van der Waals surface area contributed by atoms with Gasteiger partial charge in [0.15, 0.2) is 0 Å². The predicted molar refractivity (Wildman–Crippen MR) is 191 cm³/mol. The average Bonchev–Trinajstić information content (AvgIpc) is 3.66. The number of furan rings is 1. The highest BCUT2D eigenvalue weighted by Crippen LogP contribution is 2.42. The van der Waals surface area contributed by atoms with Gasteiger partial charge >= 0.3 is 0 Å². The molecule has 0 N–H and O–H groups in total. The van der Waals surface area contributed by atoms with E-state index in [0.717, 1.165) is 39.0 Å². The molecule has 0 radical (unpaired) electrons. The van der Waals surface area contributed by atoms with Crippen LogP contribution in [0.1, 0.15) is 22.3 Å². The second-order valence-electron chi connectivity index (χ2n) is 12.6. The van der Waals surface area contributed by atoms with Gasteiger partial charge in [-0.2, -0.15) is 0 Å². The lowest BCUT2D eigenvalue weighted by Gasteiger charge is -2.18. The summed E-state index contributed by atoms with van der Waals surface area (Å²) in [6.45, 7) is 8.71. The minimum atomic E-state index is -0.346. The van der Waals surface area contributed by atoms with Crippen LogP contribution in [0.5, 0.6) is 0 Å². The topological polar surface area (TPSA) is 43.9 Å². The molecule has 4 nitrogen and oxygen atoms in total. The molecule has 0 amide bonds. The van der Waals surface area contributed by atoms with Crippen molar-refractivity contribution in [3.63, 3.8) is 0 Å². The fourth-order valence-electron chi connectivity index (χ4n) is 7.48. The molecule has 0 spiro atoms. The molecule has 0 aliphatic heterocycles. The number of fused-ring (bicyclic) bond motifs is 7. The Bertz CT molecular complexity index is 2710. The quantitative estimate of drug-likeness (QED) is 0.187. The van der Waals surface area contributed by atoms with Crippen LogP contribution in [0.2, 0.25) is 0 Å². The number of hydrogen-bond donors (Lipinski definition) is 0. The van der Waals surface area contributed by atoms with E-state index in [4.69, 9.17) is 9.40 Å². The van der Waals surface area contributed by atoms with E-state index in [1.54, 1.807) is 24.5 Å². The summed E-state index contributed by atoms with van der Waals surface area (Å²) < 4.78 is 24.1. The van der Waals surface area contributed by atoms with Crippen LogP contribution in [0.4, 0.5) is 4.39 Å². The maximum atomic E-state index is 15.5. The molecular formula is C42H30FN3O. The van der Waals surface area contributed by atoms with Crippen molar-refractivity contribution in [2.75, 3.05) is 0 Å². The molecule has 9 rings (SSSR count). The van der Waals surface area contributed by atoms with Crippen molar-refractivity contribution in [1.29, 1.82) is 0 Å². The van der Waals surface area contributed by atoms with E-state index in [1.165, 1.54) is 44.3 Å². The van der Waals surface area contributed by atoms with Crippen molar-refractivity contribution in [1.82, 2.24) is 14.5 Å². The van der Waals surface area contributed by atoms with Gasteiger partial charge in [0.1, 0.15) is 22.8 Å². The van der Waals surface area contributed by atoms with Crippen LogP contribution in [0.3, 0.4) is 0 Å². The monoisotopic (exact) mass is 611 g/mol. The Labute approximate surface area is 270 Å². The summed E-state index contributed by atoms with van der Waals surface area (Å²) in [5, 5.41) is 5.87. The van der Waals surface area contributed by atoms with Gasteiger partial charge in [0.05, 0.1) is 27.7 Å². The van der Waals surface area contributed by atoms with E-state index in [9.17, 15) is 0 Å². The molecule has 0 saturated carbocycles. The van der Waals surface area contributed by atoms with E-state index in [0.29, 0.717) is 27.8 Å². The molecule has 0 fully saturated rings. The van der Waals surface area contributed by atoms with Gasteiger partial charge in [0, 0.05) is 17.8 Å². The maximum Gasteiger partial charge on any atom is 0.149 e. The molecule has 0 bridgehead atoms. The summed E-state index contributed by atoms with van der Waals surface area (Å²) in [5.74, 6) is 0.353. The summed E-state index contributed by atoms with van der Waals surface area (Å²) in [6.07, 6.45) is 3.33. The highest BCUT2D eigenvalue weighted by atomic mass is 19.1. The summed E-state index contributed by atoms with van der Waals surface area (Å²) in [4.78, 5) is 9.60. The molecule has 6 aromatic carbocycles. The Balaban J connectivity index is 1.42. The normalized spacial score (nSPS) is 11.9. The molecule has 226 valence electrons. The summed E-state index contributed by atoms with van der Waals surface area (Å²) in [5.41, 5.74) is 11.7. The number of halogens is 1. The molecule has 0 atom stereocenters. The van der Waals surface area contributed by atoms with Gasteiger partial charge in [-0.1, -0.05) is 54.6 Å². The zero-order valence-electron chi connectivity index (χ0n) is 26.5. The minimum absolute atomic E-state index is 0.346. The molecule has 0 saturated heterocycles. The average molecular weight is 612 g/mol. The summed E-state index contributed by atoms with van der Waals surface area (Å²) in [6, 6.07) is 33.1. The number of imidazole rings is 1. The van der Waals surface area contributed by atoms with Gasteiger partial charge in [-0.25, -0.2) is 9.37 Å². The second kappa shape index (κ2) is 10.1. The molecule has 3 aromatic heterocycles. The van der Waals surface area contributed by atoms with Crippen LogP contribution in [0.25, 0.3) is 82.7 Å². The lowest BCUT2D eigenvalue weighted by molar-refractivity contribution is 0.634. The fourth-order valence-corrected chi connectivity index (χ4v) is 7.48. The van der Waals surface area contributed by atoms with Crippen molar-refractivity contribution >= 4 is 54.5 Å². The van der Waals surface area contributed by atoms with Gasteiger partial charge in [-0.15, -0.1) is 0 Å². The number of nitrogens with zero attached hydrogens (tertiary/aromatic N) is 3. The number of aryl methyl sites for hydroxylation is 4. The van der Waals surface area contributed by atoms with Gasteiger partial charge in [-0.3, -0.25) is 9.55 Å². The first-order chi connectivity index (χ1) is 22.9. The number of pyridine rings is 1. The third kappa shape index (κ3) is 3.99. The molecule has 3 heterocycles. The first kappa shape index (κ1) is 27.5. The number of hydrogen-bond acceptors (Lipinski definition) is 3. The van der Waals surface area contributed by atoms with E-state index >= 15 is 4.39 Å². The largest absolute Gasteiger partial charge is 0.455 e. The second-order valence-corrected chi connectivity index (χ2v) is 12.6. The van der Waals surface area contributed by atoms with Gasteiger partial charge < -0.3 is 4.42 Å². The molecule has 0 unspecified atom stereocenters. The smallest absolute Gasteiger partial charge is 0.149 e. The highest BCUT2D eigenvalue weighted by Gasteiger charge is 2.24. The molecule has 5 heteroatoms. The van der Waals surface area contributed by atoms with Crippen molar-refractivity contribution in [3.8, 4) is 28.2 Å². The number of aromatic nitrogens is 3. The van der Waals surface area contributed by atoms with Crippen LogP contribution >= 0.6 is 0 Å². The third-order valence-corrected chi connectivity index (χ3v) is 9.81. The predicted octanol–water partition coefficient (Wildman–Crippen LogP) is 11.3. The Morgan fingerprint density at radius 1 is 0.660 bits per heavy atom. The summed E-state index contributed by atoms with van der Waals surface area (Å²) in [7, 11) is 0. The van der Waals surface area contributed by atoms with Crippen molar-refractivity contribution in [2.24, 2.45) is 0 Å². The zero-order valence-corrected chi connectivity index (χ0v) is 26.5. The Kier molecular flexibility index (Phi) is 5.91. The van der Waals surface area contributed by atoms with Crippen molar-refractivity contribution < 1.29 is 8.81 Å². The maximum absolute atomic E-state index is 15.5. The fraction of sp³-hybridized carbons (Fsp3) is 0.0952. The minimum Gasteiger partial charge on any atom is -0.455 e. The SMILES string of the molecule is Cc1cc(-c2ccccc2)cc(C)c1-n1c(-c2ccc(F)c3c2oc2ccncc23)nc2cc3c(cc21)c(C)c(C)c1ccccc13. The Morgan fingerprint density at radius 2 is 1.38 bits per heavy atom. The van der Waals surface area contributed by atoms with Gasteiger partial charge in [-0.05, 0) is 125 Å². The van der Waals surface area contributed by atoms with Crippen molar-refractivity contribution in [3.05, 3.63) is 138 Å². The molecule has 9 aromatic rings. The van der Waals surface area contributed by atoms with Gasteiger partial charge in [0.25, 0.3) is 0 Å². The number of benzene rings is 6. The lowest BCUT2D eigenvalue weighted by atomic mass is 9.92. The Hall–Kier alpha value is -5.81. The molecule has 0 aliphatic rings. The van der Waals surface area contributed by atoms with Crippen molar-refractivity contribution in [2.45, 2.75) is 27.7 Å². The molecule has 47 heavy (non-hydrogen) atoms. The molecule has 0 aliphatic carbocycles. The van der Waals surface area contributed by atoms with Crippen LogP contribution < -0.4 is 0 Å². The van der Waals surface area contributed by atoms with E-state index in [2.05, 4.69) is 110 Å². The standard InChI is InChI=1S/C42H30FN3O/c1-23-18-28(27-10-6-5-7-11-27)19-24(2)40(23)46-37-21-32-26(4)25(3)29-12-8-9-13-30(29)33(32)20-36(37)45-42(46)31-14-15-35(43)39-34-22-44-17-16-38(34)47-41(31)39/h5-22H,1-4H3. The number of rotatable bonds is 3. The van der Waals surface area contributed by atoms with Crippen LogP contribution in [0.15, 0.2) is 114 Å². The van der Waals surface area contributed by atoms with E-state index in [-0.39, 0.29) is 5.82 Å². The van der Waals surface area contributed by atoms with Crippen LogP contribution in [0, 0.1) is 33.5 Å². The third-order valence-electron chi connectivity index (χ3n) is 9.81. The zero-order chi connectivity index (χ0) is 32.0. The van der Waals surface area contributed by atoms with Crippen LogP contribution in [-0.2, 0) is 0 Å². The van der Waals surface area contributed by atoms with E-state index < -0.39 is 0 Å². The highest BCUT2D eigenvalue weighted by molar-refractivity contribution is 6.15. The lowest BCUT2D eigenvalue weighted by Crippen LogP contribution is -2.04. The van der Waals surface area contributed by atoms with Crippen LogP contribution in [-0.4, -0.2) is 14.5 Å².